The minimum absolute atomic E-state index is 0.154. The molecule has 0 aliphatic rings. The van der Waals surface area contributed by atoms with Crippen LogP contribution in [0.2, 0.25) is 0 Å². The Morgan fingerprint density at radius 2 is 1.25 bits per heavy atom. The van der Waals surface area contributed by atoms with E-state index in [-0.39, 0.29) is 38.4 Å². The normalized spacial score (nSPS) is 10.6. The number of methoxy groups -OCH3 is 1. The van der Waals surface area contributed by atoms with E-state index in [0.29, 0.717) is 25.9 Å². The van der Waals surface area contributed by atoms with Crippen molar-refractivity contribution in [1.29, 1.82) is 0 Å². The molecule has 0 radical (unpaired) electrons. The summed E-state index contributed by atoms with van der Waals surface area (Å²) < 4.78 is 20.2. The molecule has 0 saturated carbocycles. The zero-order valence-corrected chi connectivity index (χ0v) is 14.8. The van der Waals surface area contributed by atoms with Crippen LogP contribution in [0, 0.1) is 0 Å². The predicted molar refractivity (Wildman–Crippen MR) is 88.6 cm³/mol. The van der Waals surface area contributed by atoms with E-state index in [2.05, 4.69) is 0 Å². The average Bonchev–Trinajstić information content (AvgIpc) is 2.57. The van der Waals surface area contributed by atoms with Gasteiger partial charge in [-0.3, -0.25) is 9.59 Å². The molecule has 0 amide bonds. The Morgan fingerprint density at radius 1 is 0.708 bits per heavy atom. The summed E-state index contributed by atoms with van der Waals surface area (Å²) in [4.78, 5) is 22.7. The zero-order chi connectivity index (χ0) is 17.9. The second-order valence-electron chi connectivity index (χ2n) is 5.39. The largest absolute Gasteiger partial charge is 0.463 e. The number of esters is 2. The van der Waals surface area contributed by atoms with Gasteiger partial charge in [0.1, 0.15) is 13.2 Å². The van der Waals surface area contributed by atoms with Gasteiger partial charge in [-0.05, 0) is 25.7 Å². The predicted octanol–water partition coefficient (Wildman–Crippen LogP) is 1.85. The van der Waals surface area contributed by atoms with Crippen LogP contribution in [0.4, 0.5) is 0 Å². The maximum atomic E-state index is 11.4. The Morgan fingerprint density at radius 3 is 1.75 bits per heavy atom. The van der Waals surface area contributed by atoms with Gasteiger partial charge in [0.25, 0.3) is 0 Å². The summed E-state index contributed by atoms with van der Waals surface area (Å²) in [5, 5.41) is 8.62. The lowest BCUT2D eigenvalue weighted by Crippen LogP contribution is -2.14. The summed E-state index contributed by atoms with van der Waals surface area (Å²) in [6, 6.07) is 0. The van der Waals surface area contributed by atoms with Crippen LogP contribution in [0.3, 0.4) is 0 Å². The SMILES string of the molecule is COCCCCCC(=O)OCCOCCOC(=O)CCCCCO. The van der Waals surface area contributed by atoms with Gasteiger partial charge in [0.15, 0.2) is 0 Å². The number of aliphatic hydroxyl groups excluding tert-OH is 1. The highest BCUT2D eigenvalue weighted by Gasteiger charge is 2.04. The number of carbonyl (C=O) groups excluding carboxylic acids is 2. The Balaban J connectivity index is 3.26. The molecule has 0 rings (SSSR count). The van der Waals surface area contributed by atoms with Crippen LogP contribution in [0.15, 0.2) is 0 Å². The van der Waals surface area contributed by atoms with Crippen molar-refractivity contribution in [3.63, 3.8) is 0 Å². The van der Waals surface area contributed by atoms with Gasteiger partial charge in [-0.2, -0.15) is 0 Å². The Bertz CT molecular complexity index is 307. The Kier molecular flexibility index (Phi) is 17.3. The molecule has 0 aromatic rings. The van der Waals surface area contributed by atoms with E-state index in [9.17, 15) is 9.59 Å². The molecular formula is C17H32O7. The highest BCUT2D eigenvalue weighted by Crippen LogP contribution is 2.02. The van der Waals surface area contributed by atoms with Gasteiger partial charge in [-0.25, -0.2) is 0 Å². The van der Waals surface area contributed by atoms with E-state index in [4.69, 9.17) is 24.1 Å². The lowest BCUT2D eigenvalue weighted by atomic mass is 10.2. The number of hydrogen-bond donors (Lipinski definition) is 1. The van der Waals surface area contributed by atoms with Crippen molar-refractivity contribution < 1.29 is 33.6 Å². The quantitative estimate of drug-likeness (QED) is 0.317. The van der Waals surface area contributed by atoms with Crippen LogP contribution in [-0.2, 0) is 28.5 Å². The summed E-state index contributed by atoms with van der Waals surface area (Å²) in [7, 11) is 1.66. The van der Waals surface area contributed by atoms with Gasteiger partial charge in [-0.15, -0.1) is 0 Å². The second kappa shape index (κ2) is 18.2. The Labute approximate surface area is 144 Å². The van der Waals surface area contributed by atoms with E-state index in [1.807, 2.05) is 0 Å². The minimum Gasteiger partial charge on any atom is -0.463 e. The van der Waals surface area contributed by atoms with Gasteiger partial charge < -0.3 is 24.1 Å². The first-order valence-corrected chi connectivity index (χ1v) is 8.69. The van der Waals surface area contributed by atoms with E-state index in [1.54, 1.807) is 7.11 Å². The maximum Gasteiger partial charge on any atom is 0.305 e. The fourth-order valence-electron chi connectivity index (χ4n) is 1.93. The van der Waals surface area contributed by atoms with Gasteiger partial charge in [0.05, 0.1) is 13.2 Å². The van der Waals surface area contributed by atoms with Crippen LogP contribution in [-0.4, -0.2) is 63.8 Å². The molecular weight excluding hydrogens is 316 g/mol. The molecule has 0 heterocycles. The van der Waals surface area contributed by atoms with Crippen molar-refractivity contribution in [3.8, 4) is 0 Å². The summed E-state index contributed by atoms with van der Waals surface area (Å²) in [5.41, 5.74) is 0. The number of carbonyl (C=O) groups is 2. The zero-order valence-electron chi connectivity index (χ0n) is 14.8. The molecule has 0 aromatic carbocycles. The van der Waals surface area contributed by atoms with Crippen LogP contribution >= 0.6 is 0 Å². The molecule has 24 heavy (non-hydrogen) atoms. The molecule has 0 aliphatic carbocycles. The number of rotatable bonds is 17. The van der Waals surface area contributed by atoms with Gasteiger partial charge >= 0.3 is 11.9 Å². The van der Waals surface area contributed by atoms with E-state index >= 15 is 0 Å². The van der Waals surface area contributed by atoms with Crippen LogP contribution < -0.4 is 0 Å². The third-order valence-electron chi connectivity index (χ3n) is 3.25. The van der Waals surface area contributed by atoms with Crippen LogP contribution in [0.1, 0.15) is 51.4 Å². The van der Waals surface area contributed by atoms with E-state index in [1.165, 1.54) is 0 Å². The van der Waals surface area contributed by atoms with Gasteiger partial charge in [-0.1, -0.05) is 12.8 Å². The number of unbranched alkanes of at least 4 members (excludes halogenated alkanes) is 4. The van der Waals surface area contributed by atoms with Crippen molar-refractivity contribution in [1.82, 2.24) is 0 Å². The molecule has 1 N–H and O–H groups in total. The number of hydrogen-bond acceptors (Lipinski definition) is 7. The first-order chi connectivity index (χ1) is 11.7. The lowest BCUT2D eigenvalue weighted by Gasteiger charge is -2.07. The average molecular weight is 348 g/mol. The molecule has 0 saturated heterocycles. The van der Waals surface area contributed by atoms with Crippen molar-refractivity contribution >= 4 is 11.9 Å². The minimum atomic E-state index is -0.253. The standard InChI is InChI=1S/C17H32O7/c1-21-11-7-3-5-9-17(20)24-15-13-22-12-14-23-16(19)8-4-2-6-10-18/h18H,2-15H2,1H3. The second-order valence-corrected chi connectivity index (χ2v) is 5.39. The topological polar surface area (TPSA) is 91.3 Å². The highest BCUT2D eigenvalue weighted by atomic mass is 16.6. The lowest BCUT2D eigenvalue weighted by molar-refractivity contribution is -0.146. The molecule has 7 heteroatoms. The number of aliphatic hydroxyl groups is 1. The molecule has 0 aliphatic heterocycles. The third-order valence-corrected chi connectivity index (χ3v) is 3.25. The molecule has 0 spiro atoms. The van der Waals surface area contributed by atoms with E-state index < -0.39 is 0 Å². The highest BCUT2D eigenvalue weighted by molar-refractivity contribution is 5.69. The van der Waals surface area contributed by atoms with Crippen molar-refractivity contribution in [2.75, 3.05) is 46.8 Å². The van der Waals surface area contributed by atoms with Gasteiger partial charge in [0.2, 0.25) is 0 Å². The van der Waals surface area contributed by atoms with Crippen molar-refractivity contribution in [3.05, 3.63) is 0 Å². The third kappa shape index (κ3) is 17.2. The van der Waals surface area contributed by atoms with Crippen molar-refractivity contribution in [2.45, 2.75) is 51.4 Å². The molecule has 7 nitrogen and oxygen atoms in total. The molecule has 0 fully saturated rings. The van der Waals surface area contributed by atoms with E-state index in [0.717, 1.165) is 38.7 Å². The van der Waals surface area contributed by atoms with Gasteiger partial charge in [0, 0.05) is 33.2 Å². The summed E-state index contributed by atoms with van der Waals surface area (Å²) in [6.07, 6.45) is 5.73. The molecule has 0 bridgehead atoms. The summed E-state index contributed by atoms with van der Waals surface area (Å²) >= 11 is 0. The van der Waals surface area contributed by atoms with Crippen LogP contribution in [0.5, 0.6) is 0 Å². The molecule has 0 atom stereocenters. The molecule has 0 aromatic heterocycles. The summed E-state index contributed by atoms with van der Waals surface area (Å²) in [5.74, 6) is -0.471. The van der Waals surface area contributed by atoms with Crippen LogP contribution in [0.25, 0.3) is 0 Å². The molecule has 142 valence electrons. The smallest absolute Gasteiger partial charge is 0.305 e. The first-order valence-electron chi connectivity index (χ1n) is 8.69. The maximum absolute atomic E-state index is 11.4. The monoisotopic (exact) mass is 348 g/mol. The van der Waals surface area contributed by atoms with Crippen molar-refractivity contribution in [2.24, 2.45) is 0 Å². The fourth-order valence-corrected chi connectivity index (χ4v) is 1.93. The first kappa shape index (κ1) is 22.8. The Hall–Kier alpha value is -1.18. The fraction of sp³-hybridized carbons (Fsp3) is 0.882. The number of ether oxygens (including phenoxy) is 4. The summed E-state index contributed by atoms with van der Waals surface area (Å²) in [6.45, 7) is 1.87. The molecule has 0 unspecified atom stereocenters.